The van der Waals surface area contributed by atoms with E-state index in [1.165, 1.54) is 4.90 Å². The normalized spacial score (nSPS) is 27.1. The van der Waals surface area contributed by atoms with Gasteiger partial charge in [-0.3, -0.25) is 9.59 Å². The molecule has 0 aromatic rings. The van der Waals surface area contributed by atoms with Crippen molar-refractivity contribution in [1.29, 1.82) is 0 Å². The average molecular weight is 301 g/mol. The van der Waals surface area contributed by atoms with Crippen LogP contribution in [0.2, 0.25) is 0 Å². The molecule has 2 unspecified atom stereocenters. The minimum atomic E-state index is -1.08. The summed E-state index contributed by atoms with van der Waals surface area (Å²) in [5.41, 5.74) is 0. The minimum absolute atomic E-state index is 0.108. The molecule has 0 aromatic heterocycles. The van der Waals surface area contributed by atoms with Gasteiger partial charge in [0.05, 0.1) is 6.42 Å². The van der Waals surface area contributed by atoms with Crippen LogP contribution in [0.4, 0.5) is 4.79 Å². The molecule has 3 amide bonds. The van der Waals surface area contributed by atoms with E-state index in [9.17, 15) is 14.4 Å². The summed E-state index contributed by atoms with van der Waals surface area (Å²) >= 11 is 1.80. The first-order valence-electron chi connectivity index (χ1n) is 6.65. The molecule has 0 aliphatic carbocycles. The first-order valence-corrected chi connectivity index (χ1v) is 7.80. The fourth-order valence-corrected chi connectivity index (χ4v) is 3.50. The van der Waals surface area contributed by atoms with Crippen molar-refractivity contribution < 1.29 is 19.5 Å². The zero-order valence-corrected chi connectivity index (χ0v) is 12.2. The third-order valence-electron chi connectivity index (χ3n) is 3.56. The third kappa shape index (κ3) is 3.17. The van der Waals surface area contributed by atoms with Crippen molar-refractivity contribution in [2.24, 2.45) is 0 Å². The van der Waals surface area contributed by atoms with Crippen LogP contribution in [-0.4, -0.2) is 76.0 Å². The van der Waals surface area contributed by atoms with Crippen molar-refractivity contribution in [3.8, 4) is 0 Å². The number of carbonyl (C=O) groups is 3. The highest BCUT2D eigenvalue weighted by Crippen LogP contribution is 2.20. The predicted molar refractivity (Wildman–Crippen MR) is 74.6 cm³/mol. The molecule has 2 aliphatic rings. The molecule has 7 nitrogen and oxygen atoms in total. The van der Waals surface area contributed by atoms with E-state index in [2.05, 4.69) is 5.32 Å². The Kier molecular flexibility index (Phi) is 4.74. The molecule has 2 N–H and O–H groups in total. The Bertz CT molecular complexity index is 418. The number of urea groups is 1. The number of nitrogens with zero attached hydrogens (tertiary/aromatic N) is 2. The first kappa shape index (κ1) is 15.0. The Labute approximate surface area is 121 Å². The van der Waals surface area contributed by atoms with Gasteiger partial charge in [0.15, 0.2) is 0 Å². The number of thioether (sulfide) groups is 1. The fraction of sp³-hybridized carbons (Fsp3) is 0.750. The number of hydrogen-bond acceptors (Lipinski definition) is 4. The highest BCUT2D eigenvalue weighted by atomic mass is 32.2. The summed E-state index contributed by atoms with van der Waals surface area (Å²) in [6.45, 7) is 3.35. The summed E-state index contributed by atoms with van der Waals surface area (Å²) in [4.78, 5) is 38.4. The fourth-order valence-electron chi connectivity index (χ4n) is 2.49. The van der Waals surface area contributed by atoms with E-state index < -0.39 is 12.0 Å². The monoisotopic (exact) mass is 301 g/mol. The molecule has 0 bridgehead atoms. The van der Waals surface area contributed by atoms with Gasteiger partial charge in [0.2, 0.25) is 5.91 Å². The van der Waals surface area contributed by atoms with Gasteiger partial charge in [0, 0.05) is 37.2 Å². The van der Waals surface area contributed by atoms with Gasteiger partial charge in [0.1, 0.15) is 6.04 Å². The lowest BCUT2D eigenvalue weighted by molar-refractivity contribution is -0.142. The van der Waals surface area contributed by atoms with Gasteiger partial charge in [-0.05, 0) is 6.92 Å². The number of aliphatic carboxylic acids is 1. The molecule has 2 atom stereocenters. The zero-order chi connectivity index (χ0) is 14.7. The van der Waals surface area contributed by atoms with Crippen molar-refractivity contribution in [3.63, 3.8) is 0 Å². The lowest BCUT2D eigenvalue weighted by Crippen LogP contribution is -2.62. The van der Waals surface area contributed by atoms with Crippen LogP contribution in [0.3, 0.4) is 0 Å². The van der Waals surface area contributed by atoms with E-state index in [1.807, 2.05) is 6.92 Å². The van der Waals surface area contributed by atoms with E-state index in [0.717, 1.165) is 11.5 Å². The summed E-state index contributed by atoms with van der Waals surface area (Å²) in [5, 5.41) is 11.5. The summed E-state index contributed by atoms with van der Waals surface area (Å²) < 4.78 is 0. The number of carbonyl (C=O) groups excluding carboxylic acids is 2. The largest absolute Gasteiger partial charge is 0.481 e. The predicted octanol–water partition coefficient (Wildman–Crippen LogP) is -0.181. The molecule has 2 rings (SSSR count). The Hall–Kier alpha value is -1.44. The molecule has 0 radical (unpaired) electrons. The average Bonchev–Trinajstić information content (AvgIpc) is 2.40. The molecule has 0 aromatic carbocycles. The number of amides is 3. The molecule has 8 heteroatoms. The van der Waals surface area contributed by atoms with Gasteiger partial charge in [-0.15, -0.1) is 0 Å². The molecule has 2 aliphatic heterocycles. The summed E-state index contributed by atoms with van der Waals surface area (Å²) in [6, 6.07) is -1.02. The molecular formula is C12H19N3O4S. The van der Waals surface area contributed by atoms with Crippen LogP contribution in [0.5, 0.6) is 0 Å². The van der Waals surface area contributed by atoms with Crippen molar-refractivity contribution >= 4 is 29.7 Å². The standard InChI is InChI=1S/C12H19N3O4S/c1-8-7-20-5-4-14(8)12(19)15-3-2-13-11(18)9(15)6-10(16)17/h8-9H,2-7H2,1H3,(H,13,18)(H,16,17). The Morgan fingerprint density at radius 2 is 2.15 bits per heavy atom. The second-order valence-corrected chi connectivity index (χ2v) is 6.15. The van der Waals surface area contributed by atoms with Crippen molar-refractivity contribution in [2.75, 3.05) is 31.1 Å². The summed E-state index contributed by atoms with van der Waals surface area (Å²) in [5.74, 6) is 0.285. The second-order valence-electron chi connectivity index (χ2n) is 5.00. The maximum atomic E-state index is 12.6. The highest BCUT2D eigenvalue weighted by molar-refractivity contribution is 7.99. The van der Waals surface area contributed by atoms with Gasteiger partial charge < -0.3 is 20.2 Å². The molecular weight excluding hydrogens is 282 g/mol. The SMILES string of the molecule is CC1CSCCN1C(=O)N1CCNC(=O)C1CC(=O)O. The number of carboxylic acid groups (broad SMARTS) is 1. The quantitative estimate of drug-likeness (QED) is 0.738. The minimum Gasteiger partial charge on any atom is -0.481 e. The number of rotatable bonds is 2. The van der Waals surface area contributed by atoms with E-state index in [1.54, 1.807) is 16.7 Å². The first-order chi connectivity index (χ1) is 9.50. The van der Waals surface area contributed by atoms with Crippen LogP contribution in [-0.2, 0) is 9.59 Å². The van der Waals surface area contributed by atoms with E-state index in [-0.39, 0.29) is 24.4 Å². The third-order valence-corrected chi connectivity index (χ3v) is 4.75. The molecule has 2 saturated heterocycles. The number of nitrogens with one attached hydrogen (secondary N) is 1. The van der Waals surface area contributed by atoms with Crippen molar-refractivity contribution in [3.05, 3.63) is 0 Å². The van der Waals surface area contributed by atoms with Crippen LogP contribution in [0, 0.1) is 0 Å². The van der Waals surface area contributed by atoms with Crippen LogP contribution >= 0.6 is 11.8 Å². The van der Waals surface area contributed by atoms with Gasteiger partial charge in [-0.25, -0.2) is 4.79 Å². The Morgan fingerprint density at radius 1 is 1.40 bits per heavy atom. The summed E-state index contributed by atoms with van der Waals surface area (Å²) in [7, 11) is 0. The lowest BCUT2D eigenvalue weighted by Gasteiger charge is -2.41. The summed E-state index contributed by atoms with van der Waals surface area (Å²) in [6.07, 6.45) is -0.353. The van der Waals surface area contributed by atoms with Crippen molar-refractivity contribution in [1.82, 2.24) is 15.1 Å². The van der Waals surface area contributed by atoms with E-state index in [4.69, 9.17) is 5.11 Å². The molecule has 2 heterocycles. The van der Waals surface area contributed by atoms with E-state index >= 15 is 0 Å². The number of piperazine rings is 1. The molecule has 0 spiro atoms. The molecule has 20 heavy (non-hydrogen) atoms. The lowest BCUT2D eigenvalue weighted by atomic mass is 10.1. The maximum absolute atomic E-state index is 12.6. The second kappa shape index (κ2) is 6.34. The molecule has 112 valence electrons. The van der Waals surface area contributed by atoms with Gasteiger partial charge >= 0.3 is 12.0 Å². The molecule has 0 saturated carbocycles. The number of hydrogen-bond donors (Lipinski definition) is 2. The van der Waals surface area contributed by atoms with Crippen molar-refractivity contribution in [2.45, 2.75) is 25.4 Å². The smallest absolute Gasteiger partial charge is 0.321 e. The topological polar surface area (TPSA) is 90.0 Å². The van der Waals surface area contributed by atoms with Crippen LogP contribution in [0.15, 0.2) is 0 Å². The number of carboxylic acids is 1. The zero-order valence-electron chi connectivity index (χ0n) is 11.4. The van der Waals surface area contributed by atoms with Gasteiger partial charge in [-0.2, -0.15) is 11.8 Å². The van der Waals surface area contributed by atoms with Crippen LogP contribution in [0.1, 0.15) is 13.3 Å². The maximum Gasteiger partial charge on any atom is 0.321 e. The van der Waals surface area contributed by atoms with Gasteiger partial charge in [-0.1, -0.05) is 0 Å². The Morgan fingerprint density at radius 3 is 2.80 bits per heavy atom. The van der Waals surface area contributed by atoms with Crippen LogP contribution < -0.4 is 5.32 Å². The Balaban J connectivity index is 2.12. The van der Waals surface area contributed by atoms with E-state index in [0.29, 0.717) is 19.6 Å². The molecule has 2 fully saturated rings. The van der Waals surface area contributed by atoms with Crippen LogP contribution in [0.25, 0.3) is 0 Å². The van der Waals surface area contributed by atoms with Gasteiger partial charge in [0.25, 0.3) is 0 Å². The highest BCUT2D eigenvalue weighted by Gasteiger charge is 2.38.